The lowest BCUT2D eigenvalue weighted by molar-refractivity contribution is -0.116. The molecule has 0 N–H and O–H groups in total. The molecule has 0 heterocycles. The van der Waals surface area contributed by atoms with Crippen molar-refractivity contribution in [1.82, 2.24) is 0 Å². The van der Waals surface area contributed by atoms with Crippen molar-refractivity contribution in [1.29, 1.82) is 0 Å². The van der Waals surface area contributed by atoms with Crippen molar-refractivity contribution in [3.63, 3.8) is 0 Å². The maximum Gasteiger partial charge on any atom is 0.208 e. The van der Waals surface area contributed by atoms with Gasteiger partial charge in [-0.2, -0.15) is 0 Å². The van der Waals surface area contributed by atoms with Crippen LogP contribution in [0.25, 0.3) is 0 Å². The summed E-state index contributed by atoms with van der Waals surface area (Å²) in [7, 11) is -2.36. The lowest BCUT2D eigenvalue weighted by atomic mass is 10.1. The average Bonchev–Trinajstić information content (AvgIpc) is 3.31. The SMILES string of the molecule is C=C(C(=O)C1C=CC=C1)[P+](c1ccccc1)(c1ccccc1)c1ccccc1. The molecule has 0 saturated carbocycles. The first-order valence-corrected chi connectivity index (χ1v) is 11.2. The molecule has 0 spiro atoms. The molecule has 0 atom stereocenters. The van der Waals surface area contributed by atoms with Crippen LogP contribution in [0.5, 0.6) is 0 Å². The predicted octanol–water partition coefficient (Wildman–Crippen LogP) is 4.81. The third-order valence-electron chi connectivity index (χ3n) is 5.17. The number of carbonyl (C=O) groups is 1. The molecule has 0 fully saturated rings. The topological polar surface area (TPSA) is 17.1 Å². The van der Waals surface area contributed by atoms with Gasteiger partial charge in [-0.1, -0.05) is 85.5 Å². The molecule has 0 unspecified atom stereocenters. The van der Waals surface area contributed by atoms with Gasteiger partial charge < -0.3 is 0 Å². The van der Waals surface area contributed by atoms with Gasteiger partial charge in [0.1, 0.15) is 28.5 Å². The van der Waals surface area contributed by atoms with Crippen molar-refractivity contribution < 1.29 is 4.79 Å². The molecule has 136 valence electrons. The van der Waals surface area contributed by atoms with Crippen molar-refractivity contribution in [3.05, 3.63) is 127 Å². The number of allylic oxidation sites excluding steroid dienone is 5. The fraction of sp³-hybridized carbons (Fsp3) is 0.0385. The highest BCUT2D eigenvalue weighted by Crippen LogP contribution is 2.62. The van der Waals surface area contributed by atoms with Crippen LogP contribution in [0.15, 0.2) is 127 Å². The van der Waals surface area contributed by atoms with E-state index in [-0.39, 0.29) is 11.7 Å². The molecule has 1 aliphatic carbocycles. The molecule has 0 saturated heterocycles. The second-order valence-corrected chi connectivity index (χ2v) is 10.2. The Bertz CT molecular complexity index is 925. The first kappa shape index (κ1) is 18.3. The first-order chi connectivity index (χ1) is 13.7. The van der Waals surface area contributed by atoms with Crippen molar-refractivity contribution in [2.24, 2.45) is 5.92 Å². The van der Waals surface area contributed by atoms with Crippen molar-refractivity contribution in [2.75, 3.05) is 0 Å². The Morgan fingerprint density at radius 3 is 1.36 bits per heavy atom. The quantitative estimate of drug-likeness (QED) is 0.443. The molecule has 3 aromatic carbocycles. The summed E-state index contributed by atoms with van der Waals surface area (Å²) in [5.41, 5.74) is 0. The number of benzene rings is 3. The zero-order valence-corrected chi connectivity index (χ0v) is 16.5. The van der Waals surface area contributed by atoms with E-state index in [0.717, 1.165) is 15.9 Å². The van der Waals surface area contributed by atoms with Gasteiger partial charge in [0.25, 0.3) is 0 Å². The molecule has 0 radical (unpaired) electrons. The number of hydrogen-bond acceptors (Lipinski definition) is 1. The van der Waals surface area contributed by atoms with E-state index in [0.29, 0.717) is 5.31 Å². The number of hydrogen-bond donors (Lipinski definition) is 0. The zero-order chi connectivity index (χ0) is 19.4. The molecule has 2 heteroatoms. The summed E-state index contributed by atoms with van der Waals surface area (Å²) in [4.78, 5) is 13.5. The van der Waals surface area contributed by atoms with Crippen molar-refractivity contribution in [3.8, 4) is 0 Å². The second kappa shape index (κ2) is 7.92. The van der Waals surface area contributed by atoms with Crippen LogP contribution in [0.2, 0.25) is 0 Å². The van der Waals surface area contributed by atoms with Crippen LogP contribution < -0.4 is 15.9 Å². The Kier molecular flexibility index (Phi) is 5.19. The van der Waals surface area contributed by atoms with Crippen LogP contribution in [0.1, 0.15) is 0 Å². The van der Waals surface area contributed by atoms with E-state index in [1.807, 2.05) is 78.9 Å². The average molecular weight is 381 g/mol. The lowest BCUT2D eigenvalue weighted by Crippen LogP contribution is -2.35. The van der Waals surface area contributed by atoms with Crippen molar-refractivity contribution in [2.45, 2.75) is 0 Å². The maximum absolute atomic E-state index is 13.5. The molecule has 0 aliphatic heterocycles. The van der Waals surface area contributed by atoms with Crippen molar-refractivity contribution >= 4 is 29.0 Å². The monoisotopic (exact) mass is 381 g/mol. The fourth-order valence-electron chi connectivity index (χ4n) is 3.83. The van der Waals surface area contributed by atoms with Gasteiger partial charge >= 0.3 is 0 Å². The third-order valence-corrected chi connectivity index (χ3v) is 9.42. The number of rotatable bonds is 6. The molecule has 1 aliphatic rings. The van der Waals surface area contributed by atoms with Gasteiger partial charge in [-0.05, 0) is 36.4 Å². The first-order valence-electron chi connectivity index (χ1n) is 9.39. The Balaban J connectivity index is 2.01. The van der Waals surface area contributed by atoms with Gasteiger partial charge in [-0.3, -0.25) is 4.79 Å². The summed E-state index contributed by atoms with van der Waals surface area (Å²) < 4.78 is 0. The fourth-order valence-corrected chi connectivity index (χ4v) is 8.00. The summed E-state index contributed by atoms with van der Waals surface area (Å²) in [5, 5.41) is 4.14. The van der Waals surface area contributed by atoms with E-state index in [1.165, 1.54) is 0 Å². The zero-order valence-electron chi connectivity index (χ0n) is 15.6. The molecule has 0 amide bonds. The number of ketones is 1. The van der Waals surface area contributed by atoms with E-state index in [9.17, 15) is 4.79 Å². The Morgan fingerprint density at radius 1 is 0.643 bits per heavy atom. The van der Waals surface area contributed by atoms with E-state index < -0.39 is 7.26 Å². The predicted molar refractivity (Wildman–Crippen MR) is 121 cm³/mol. The highest BCUT2D eigenvalue weighted by Gasteiger charge is 2.51. The summed E-state index contributed by atoms with van der Waals surface area (Å²) in [5.74, 6) is -0.141. The summed E-state index contributed by atoms with van der Waals surface area (Å²) in [6.45, 7) is 4.43. The van der Waals surface area contributed by atoms with Gasteiger partial charge in [-0.25, -0.2) is 0 Å². The van der Waals surface area contributed by atoms with Gasteiger partial charge in [0.2, 0.25) is 5.78 Å². The van der Waals surface area contributed by atoms with E-state index in [1.54, 1.807) is 0 Å². The molecule has 4 rings (SSSR count). The molecular formula is C26H22OP+. The molecule has 0 bridgehead atoms. The van der Waals surface area contributed by atoms with E-state index >= 15 is 0 Å². The molecule has 3 aromatic rings. The highest BCUT2D eigenvalue weighted by atomic mass is 31.2. The van der Waals surface area contributed by atoms with E-state index in [4.69, 9.17) is 0 Å². The number of Topliss-reactive ketones (excluding diaryl/α,β-unsaturated/α-hetero) is 1. The smallest absolute Gasteiger partial charge is 0.208 e. The molecule has 28 heavy (non-hydrogen) atoms. The Morgan fingerprint density at radius 2 is 1.00 bits per heavy atom. The van der Waals surface area contributed by atoms with Gasteiger partial charge in [-0.15, -0.1) is 0 Å². The number of carbonyl (C=O) groups excluding carboxylic acids is 1. The van der Waals surface area contributed by atoms with Crippen LogP contribution in [0.3, 0.4) is 0 Å². The standard InChI is InChI=1S/C26H22OP/c1-21(26(27)22-13-11-12-14-22)28(23-15-5-2-6-16-23,24-17-7-3-8-18-24)25-19-9-4-10-20-25/h2-20,22H,1H2/q+1. The largest absolute Gasteiger partial charge is 0.289 e. The minimum absolute atomic E-state index is 0.0925. The lowest BCUT2D eigenvalue weighted by Gasteiger charge is -2.28. The maximum atomic E-state index is 13.5. The summed E-state index contributed by atoms with van der Waals surface area (Å²) in [6, 6.07) is 31.1. The van der Waals surface area contributed by atoms with Gasteiger partial charge in [0, 0.05) is 0 Å². The molecule has 0 aromatic heterocycles. The van der Waals surface area contributed by atoms with Crippen LogP contribution in [0, 0.1) is 5.92 Å². The normalized spacial score (nSPS) is 13.6. The van der Waals surface area contributed by atoms with Gasteiger partial charge in [0.15, 0.2) is 0 Å². The Hall–Kier alpha value is -3.02. The molecular weight excluding hydrogens is 359 g/mol. The van der Waals surface area contributed by atoms with Crippen LogP contribution >= 0.6 is 7.26 Å². The Labute approximate surface area is 167 Å². The second-order valence-electron chi connectivity index (χ2n) is 6.78. The van der Waals surface area contributed by atoms with Crippen LogP contribution in [0.4, 0.5) is 0 Å². The summed E-state index contributed by atoms with van der Waals surface area (Å²) >= 11 is 0. The molecule has 1 nitrogen and oxygen atoms in total. The minimum atomic E-state index is -2.36. The third kappa shape index (κ3) is 3.09. The minimum Gasteiger partial charge on any atom is -0.289 e. The van der Waals surface area contributed by atoms with E-state index in [2.05, 4.69) is 43.0 Å². The summed E-state index contributed by atoms with van der Waals surface area (Å²) in [6.07, 6.45) is 7.76. The van der Waals surface area contributed by atoms with Gasteiger partial charge in [0.05, 0.1) is 5.92 Å². The van der Waals surface area contributed by atoms with Crippen LogP contribution in [-0.4, -0.2) is 5.78 Å². The van der Waals surface area contributed by atoms with Crippen LogP contribution in [-0.2, 0) is 4.79 Å². The highest BCUT2D eigenvalue weighted by molar-refractivity contribution is 7.99.